The van der Waals surface area contributed by atoms with Crippen molar-refractivity contribution in [3.8, 4) is 17.0 Å². The number of ether oxygens (including phenoxy) is 1. The van der Waals surface area contributed by atoms with Crippen LogP contribution in [0.5, 0.6) is 5.75 Å². The highest BCUT2D eigenvalue weighted by Gasteiger charge is 2.13. The first-order valence-electron chi connectivity index (χ1n) is 5.20. The number of methoxy groups -OCH3 is 1. The van der Waals surface area contributed by atoms with Crippen LogP contribution in [-0.4, -0.2) is 17.1 Å². The monoisotopic (exact) mass is 251 g/mol. The van der Waals surface area contributed by atoms with Crippen LogP contribution in [0.3, 0.4) is 0 Å². The third-order valence-electron chi connectivity index (χ3n) is 2.48. The highest BCUT2D eigenvalue weighted by molar-refractivity contribution is 5.61. The van der Waals surface area contributed by atoms with Crippen LogP contribution in [0.2, 0.25) is 0 Å². The van der Waals surface area contributed by atoms with Crippen molar-refractivity contribution in [2.45, 2.75) is 6.54 Å². The number of halogens is 2. The highest BCUT2D eigenvalue weighted by atomic mass is 19.1. The minimum atomic E-state index is -0.635. The molecule has 0 fully saturated rings. The summed E-state index contributed by atoms with van der Waals surface area (Å²) < 4.78 is 32.2. The van der Waals surface area contributed by atoms with Crippen LogP contribution in [0.15, 0.2) is 24.5 Å². The van der Waals surface area contributed by atoms with E-state index in [1.165, 1.54) is 25.6 Å². The summed E-state index contributed by atoms with van der Waals surface area (Å²) in [4.78, 5) is 7.51. The molecular weight excluding hydrogens is 240 g/mol. The van der Waals surface area contributed by atoms with E-state index >= 15 is 0 Å². The van der Waals surface area contributed by atoms with Gasteiger partial charge in [-0.3, -0.25) is 0 Å². The first-order chi connectivity index (χ1) is 8.67. The van der Waals surface area contributed by atoms with Gasteiger partial charge in [-0.1, -0.05) is 0 Å². The Kier molecular flexibility index (Phi) is 3.47. The van der Waals surface area contributed by atoms with Gasteiger partial charge in [-0.25, -0.2) is 18.7 Å². The molecule has 0 amide bonds. The molecule has 0 aliphatic rings. The first kappa shape index (κ1) is 12.4. The lowest BCUT2D eigenvalue weighted by Crippen LogP contribution is -2.05. The Balaban J connectivity index is 2.52. The summed E-state index contributed by atoms with van der Waals surface area (Å²) in [5, 5.41) is 0. The first-order valence-corrected chi connectivity index (χ1v) is 5.20. The lowest BCUT2D eigenvalue weighted by atomic mass is 10.1. The number of benzene rings is 1. The van der Waals surface area contributed by atoms with Crippen molar-refractivity contribution in [2.24, 2.45) is 5.73 Å². The molecule has 94 valence electrons. The lowest BCUT2D eigenvalue weighted by molar-refractivity contribution is 0.386. The summed E-state index contributed by atoms with van der Waals surface area (Å²) in [5.41, 5.74) is 5.77. The number of hydrogen-bond acceptors (Lipinski definition) is 4. The lowest BCUT2D eigenvalue weighted by Gasteiger charge is -2.07. The number of rotatable bonds is 3. The minimum Gasteiger partial charge on any atom is -0.494 e. The number of aromatic nitrogens is 2. The Morgan fingerprint density at radius 2 is 2.06 bits per heavy atom. The second-order valence-electron chi connectivity index (χ2n) is 3.54. The highest BCUT2D eigenvalue weighted by Crippen LogP contribution is 2.26. The predicted octanol–water partition coefficient (Wildman–Crippen LogP) is 1.89. The Hall–Kier alpha value is -2.08. The van der Waals surface area contributed by atoms with Crippen LogP contribution in [-0.2, 0) is 6.54 Å². The third-order valence-corrected chi connectivity index (χ3v) is 2.48. The largest absolute Gasteiger partial charge is 0.494 e. The maximum Gasteiger partial charge on any atom is 0.172 e. The number of nitrogens with zero attached hydrogens (tertiary/aromatic N) is 2. The van der Waals surface area contributed by atoms with E-state index in [2.05, 4.69) is 9.97 Å². The fourth-order valence-electron chi connectivity index (χ4n) is 1.56. The van der Waals surface area contributed by atoms with Gasteiger partial charge in [0.05, 0.1) is 12.8 Å². The molecular formula is C12H11F2N3O. The predicted molar refractivity (Wildman–Crippen MR) is 61.8 cm³/mol. The molecule has 2 rings (SSSR count). The molecule has 0 atom stereocenters. The molecule has 6 heteroatoms. The third kappa shape index (κ3) is 2.14. The van der Waals surface area contributed by atoms with Crippen molar-refractivity contribution in [2.75, 3.05) is 7.11 Å². The Bertz CT molecular complexity index is 575. The fourth-order valence-corrected chi connectivity index (χ4v) is 1.56. The molecule has 0 aliphatic heterocycles. The maximum absolute atomic E-state index is 13.9. The van der Waals surface area contributed by atoms with Gasteiger partial charge < -0.3 is 10.5 Å². The molecule has 1 aromatic heterocycles. The molecule has 0 aliphatic carbocycles. The number of hydrogen-bond donors (Lipinski definition) is 1. The molecule has 0 radical (unpaired) electrons. The second kappa shape index (κ2) is 5.05. The molecule has 2 aromatic rings. The smallest absolute Gasteiger partial charge is 0.172 e. The van der Waals surface area contributed by atoms with Gasteiger partial charge in [-0.2, -0.15) is 0 Å². The zero-order valence-electron chi connectivity index (χ0n) is 9.65. The van der Waals surface area contributed by atoms with E-state index in [0.29, 0.717) is 5.56 Å². The topological polar surface area (TPSA) is 61.0 Å². The summed E-state index contributed by atoms with van der Waals surface area (Å²) in [5.74, 6) is -1.13. The normalized spacial score (nSPS) is 10.4. The Labute approximate surface area is 102 Å². The average molecular weight is 251 g/mol. The van der Waals surface area contributed by atoms with Gasteiger partial charge in [-0.05, 0) is 18.2 Å². The molecule has 1 heterocycles. The second-order valence-corrected chi connectivity index (χ2v) is 3.54. The van der Waals surface area contributed by atoms with Gasteiger partial charge >= 0.3 is 0 Å². The van der Waals surface area contributed by atoms with Crippen LogP contribution in [0, 0.1) is 11.6 Å². The summed E-state index contributed by atoms with van der Waals surface area (Å²) in [7, 11) is 1.36. The molecule has 0 bridgehead atoms. The zero-order chi connectivity index (χ0) is 13.1. The van der Waals surface area contributed by atoms with Gasteiger partial charge in [0.25, 0.3) is 0 Å². The fraction of sp³-hybridized carbons (Fsp3) is 0.167. The van der Waals surface area contributed by atoms with Crippen molar-refractivity contribution in [1.29, 1.82) is 0 Å². The molecule has 0 saturated heterocycles. The maximum atomic E-state index is 13.9. The zero-order valence-corrected chi connectivity index (χ0v) is 9.65. The van der Waals surface area contributed by atoms with E-state index in [1.807, 2.05) is 0 Å². The van der Waals surface area contributed by atoms with Crippen molar-refractivity contribution in [3.63, 3.8) is 0 Å². The standard InChI is InChI=1S/C12H11F2N3O/c1-18-10-3-2-7(4-8(10)13)12-11(14)9(5-15)16-6-17-12/h2-4,6H,5,15H2,1H3. The molecule has 0 saturated carbocycles. The van der Waals surface area contributed by atoms with Gasteiger partial charge in [0, 0.05) is 12.1 Å². The van der Waals surface area contributed by atoms with Crippen LogP contribution in [0.4, 0.5) is 8.78 Å². The van der Waals surface area contributed by atoms with E-state index in [0.717, 1.165) is 6.07 Å². The molecule has 4 nitrogen and oxygen atoms in total. The van der Waals surface area contributed by atoms with Crippen molar-refractivity contribution in [3.05, 3.63) is 41.9 Å². The van der Waals surface area contributed by atoms with E-state index in [9.17, 15) is 8.78 Å². The van der Waals surface area contributed by atoms with Crippen LogP contribution in [0.1, 0.15) is 5.69 Å². The minimum absolute atomic E-state index is 0.0204. The molecule has 18 heavy (non-hydrogen) atoms. The van der Waals surface area contributed by atoms with Gasteiger partial charge in [0.2, 0.25) is 0 Å². The summed E-state index contributed by atoms with van der Waals surface area (Å²) in [6.45, 7) is -0.0417. The molecule has 2 N–H and O–H groups in total. The Morgan fingerprint density at radius 1 is 1.28 bits per heavy atom. The summed E-state index contributed by atoms with van der Waals surface area (Å²) in [6.07, 6.45) is 1.20. The average Bonchev–Trinajstić information content (AvgIpc) is 2.39. The van der Waals surface area contributed by atoms with Crippen molar-refractivity contribution < 1.29 is 13.5 Å². The van der Waals surface area contributed by atoms with E-state index in [1.54, 1.807) is 0 Å². The molecule has 1 aromatic carbocycles. The quantitative estimate of drug-likeness (QED) is 0.904. The van der Waals surface area contributed by atoms with Gasteiger partial charge in [0.15, 0.2) is 17.4 Å². The van der Waals surface area contributed by atoms with E-state index < -0.39 is 11.6 Å². The summed E-state index contributed by atoms with van der Waals surface area (Å²) >= 11 is 0. The molecule has 0 unspecified atom stereocenters. The number of nitrogens with two attached hydrogens (primary N) is 1. The molecule has 0 spiro atoms. The van der Waals surface area contributed by atoms with E-state index in [-0.39, 0.29) is 23.7 Å². The summed E-state index contributed by atoms with van der Waals surface area (Å²) in [6, 6.07) is 4.09. The van der Waals surface area contributed by atoms with Crippen molar-refractivity contribution in [1.82, 2.24) is 9.97 Å². The van der Waals surface area contributed by atoms with Crippen LogP contribution >= 0.6 is 0 Å². The SMILES string of the molecule is COc1ccc(-c2ncnc(CN)c2F)cc1F. The Morgan fingerprint density at radius 3 is 2.67 bits per heavy atom. The van der Waals surface area contributed by atoms with E-state index in [4.69, 9.17) is 10.5 Å². The van der Waals surface area contributed by atoms with Crippen LogP contribution < -0.4 is 10.5 Å². The van der Waals surface area contributed by atoms with Crippen molar-refractivity contribution >= 4 is 0 Å². The van der Waals surface area contributed by atoms with Crippen LogP contribution in [0.25, 0.3) is 11.3 Å². The van der Waals surface area contributed by atoms with Gasteiger partial charge in [-0.15, -0.1) is 0 Å². The van der Waals surface area contributed by atoms with Gasteiger partial charge in [0.1, 0.15) is 12.0 Å².